The number of anilines is 3. The van der Waals surface area contributed by atoms with Crippen LogP contribution in [0.25, 0.3) is 0 Å². The Balaban J connectivity index is 2.07. The number of carbonyl (C=O) groups excluding carboxylic acids is 1. The molecular weight excluding hydrogens is 278 g/mol. The summed E-state index contributed by atoms with van der Waals surface area (Å²) in [6.45, 7) is 0. The van der Waals surface area contributed by atoms with Crippen molar-refractivity contribution in [3.63, 3.8) is 0 Å². The Labute approximate surface area is 121 Å². The predicted octanol–water partition coefficient (Wildman–Crippen LogP) is 3.57. The molecule has 0 heterocycles. The Kier molecular flexibility index (Phi) is 4.32. The lowest BCUT2D eigenvalue weighted by Crippen LogP contribution is -2.19. The number of nitrogens with one attached hydrogen (secondary N) is 2. The minimum Gasteiger partial charge on any atom is -0.495 e. The summed E-state index contributed by atoms with van der Waals surface area (Å²) in [7, 11) is 1.54. The van der Waals surface area contributed by atoms with E-state index in [1.54, 1.807) is 36.4 Å². The van der Waals surface area contributed by atoms with Gasteiger partial charge in [0, 0.05) is 5.69 Å². The van der Waals surface area contributed by atoms with E-state index in [1.165, 1.54) is 7.11 Å². The number of urea groups is 1. The molecule has 0 fully saturated rings. The lowest BCUT2D eigenvalue weighted by Gasteiger charge is -2.11. The van der Waals surface area contributed by atoms with E-state index in [0.29, 0.717) is 27.8 Å². The molecule has 0 bridgehead atoms. The topological polar surface area (TPSA) is 76.4 Å². The Hall–Kier alpha value is -2.40. The van der Waals surface area contributed by atoms with Crippen LogP contribution in [0.2, 0.25) is 5.02 Å². The largest absolute Gasteiger partial charge is 0.495 e. The number of amides is 2. The normalized spacial score (nSPS) is 9.90. The number of ether oxygens (including phenoxy) is 1. The van der Waals surface area contributed by atoms with Crippen LogP contribution in [0.4, 0.5) is 21.9 Å². The molecule has 6 heteroatoms. The molecule has 0 saturated carbocycles. The van der Waals surface area contributed by atoms with Crippen molar-refractivity contribution in [1.82, 2.24) is 0 Å². The highest BCUT2D eigenvalue weighted by Gasteiger charge is 2.07. The van der Waals surface area contributed by atoms with Crippen molar-refractivity contribution in [3.05, 3.63) is 47.5 Å². The molecule has 0 spiro atoms. The van der Waals surface area contributed by atoms with Crippen molar-refractivity contribution < 1.29 is 9.53 Å². The molecule has 0 aliphatic heterocycles. The number of hydrogen-bond acceptors (Lipinski definition) is 3. The number of benzene rings is 2. The van der Waals surface area contributed by atoms with Gasteiger partial charge in [0.15, 0.2) is 0 Å². The highest BCUT2D eigenvalue weighted by molar-refractivity contribution is 6.33. The van der Waals surface area contributed by atoms with E-state index in [9.17, 15) is 4.79 Å². The fraction of sp³-hybridized carbons (Fsp3) is 0.0714. The number of carbonyl (C=O) groups is 1. The van der Waals surface area contributed by atoms with Gasteiger partial charge >= 0.3 is 6.03 Å². The van der Waals surface area contributed by atoms with Crippen LogP contribution in [0.1, 0.15) is 0 Å². The first-order valence-corrected chi connectivity index (χ1v) is 6.24. The molecule has 2 aromatic rings. The summed E-state index contributed by atoms with van der Waals surface area (Å²) in [6, 6.07) is 11.6. The first-order chi connectivity index (χ1) is 9.60. The highest BCUT2D eigenvalue weighted by atomic mass is 35.5. The van der Waals surface area contributed by atoms with Gasteiger partial charge in [0.2, 0.25) is 0 Å². The third-order valence-corrected chi connectivity index (χ3v) is 2.94. The van der Waals surface area contributed by atoms with Crippen LogP contribution in [0.15, 0.2) is 42.5 Å². The van der Waals surface area contributed by atoms with Crippen LogP contribution in [0.3, 0.4) is 0 Å². The average molecular weight is 292 g/mol. The molecule has 0 unspecified atom stereocenters. The maximum Gasteiger partial charge on any atom is 0.323 e. The summed E-state index contributed by atoms with van der Waals surface area (Å²) >= 11 is 5.89. The van der Waals surface area contributed by atoms with E-state index >= 15 is 0 Å². The second-order valence-electron chi connectivity index (χ2n) is 4.02. The van der Waals surface area contributed by atoms with Crippen molar-refractivity contribution >= 4 is 34.7 Å². The maximum atomic E-state index is 11.9. The number of halogens is 1. The standard InChI is InChI=1S/C14H14ClN3O2/c1-20-13-5-3-2-4-12(13)18-14(19)17-9-6-7-11(16)10(15)8-9/h2-8H,16H2,1H3,(H2,17,18,19). The first-order valence-electron chi connectivity index (χ1n) is 5.86. The quantitative estimate of drug-likeness (QED) is 0.757. The lowest BCUT2D eigenvalue weighted by molar-refractivity contribution is 0.262. The SMILES string of the molecule is COc1ccccc1NC(=O)Nc1ccc(N)c(Cl)c1. The van der Waals surface area contributed by atoms with Gasteiger partial charge in [-0.3, -0.25) is 0 Å². The maximum absolute atomic E-state index is 11.9. The van der Waals surface area contributed by atoms with Gasteiger partial charge in [-0.05, 0) is 30.3 Å². The third-order valence-electron chi connectivity index (χ3n) is 2.61. The van der Waals surface area contributed by atoms with Crippen molar-refractivity contribution in [2.24, 2.45) is 0 Å². The Morgan fingerprint density at radius 2 is 1.95 bits per heavy atom. The number of rotatable bonds is 3. The molecule has 0 atom stereocenters. The van der Waals surface area contributed by atoms with Gasteiger partial charge in [-0.15, -0.1) is 0 Å². The van der Waals surface area contributed by atoms with Gasteiger partial charge < -0.3 is 21.1 Å². The van der Waals surface area contributed by atoms with Crippen molar-refractivity contribution in [2.75, 3.05) is 23.5 Å². The minimum atomic E-state index is -0.393. The van der Waals surface area contributed by atoms with E-state index < -0.39 is 6.03 Å². The van der Waals surface area contributed by atoms with E-state index in [1.807, 2.05) is 6.07 Å². The second kappa shape index (κ2) is 6.16. The van der Waals surface area contributed by atoms with Crippen LogP contribution in [-0.2, 0) is 0 Å². The first kappa shape index (κ1) is 14.0. The molecule has 0 radical (unpaired) electrons. The molecule has 104 valence electrons. The van der Waals surface area contributed by atoms with Gasteiger partial charge in [0.05, 0.1) is 23.5 Å². The van der Waals surface area contributed by atoms with E-state index in [-0.39, 0.29) is 0 Å². The van der Waals surface area contributed by atoms with Gasteiger partial charge in [-0.2, -0.15) is 0 Å². The summed E-state index contributed by atoms with van der Waals surface area (Å²) in [5, 5.41) is 5.75. The highest BCUT2D eigenvalue weighted by Crippen LogP contribution is 2.25. The molecule has 0 aliphatic rings. The third kappa shape index (κ3) is 3.33. The Morgan fingerprint density at radius 3 is 2.65 bits per heavy atom. The van der Waals surface area contributed by atoms with E-state index in [4.69, 9.17) is 22.1 Å². The second-order valence-corrected chi connectivity index (χ2v) is 4.42. The van der Waals surface area contributed by atoms with Gasteiger partial charge in [0.1, 0.15) is 5.75 Å². The van der Waals surface area contributed by atoms with Crippen LogP contribution in [-0.4, -0.2) is 13.1 Å². The zero-order valence-corrected chi connectivity index (χ0v) is 11.6. The molecule has 2 rings (SSSR count). The molecule has 20 heavy (non-hydrogen) atoms. The van der Waals surface area contributed by atoms with Gasteiger partial charge in [-0.25, -0.2) is 4.79 Å². The fourth-order valence-corrected chi connectivity index (χ4v) is 1.82. The molecule has 0 saturated heterocycles. The minimum absolute atomic E-state index is 0.389. The smallest absolute Gasteiger partial charge is 0.323 e. The van der Waals surface area contributed by atoms with Crippen LogP contribution >= 0.6 is 11.6 Å². The van der Waals surface area contributed by atoms with E-state index in [0.717, 1.165) is 0 Å². The summed E-state index contributed by atoms with van der Waals surface area (Å²) in [5.74, 6) is 0.581. The lowest BCUT2D eigenvalue weighted by atomic mass is 10.3. The number of nitrogen functional groups attached to an aromatic ring is 1. The van der Waals surface area contributed by atoms with Crippen LogP contribution < -0.4 is 21.1 Å². The zero-order chi connectivity index (χ0) is 14.5. The molecule has 2 amide bonds. The molecule has 0 aliphatic carbocycles. The molecular formula is C14H14ClN3O2. The summed E-state index contributed by atoms with van der Waals surface area (Å²) in [4.78, 5) is 11.9. The van der Waals surface area contributed by atoms with E-state index in [2.05, 4.69) is 10.6 Å². The summed E-state index contributed by atoms with van der Waals surface area (Å²) in [6.07, 6.45) is 0. The molecule has 5 nitrogen and oxygen atoms in total. The van der Waals surface area contributed by atoms with Crippen molar-refractivity contribution in [3.8, 4) is 5.75 Å². The number of para-hydroxylation sites is 2. The summed E-state index contributed by atoms with van der Waals surface area (Å²) < 4.78 is 5.15. The van der Waals surface area contributed by atoms with Crippen molar-refractivity contribution in [2.45, 2.75) is 0 Å². The zero-order valence-electron chi connectivity index (χ0n) is 10.8. The van der Waals surface area contributed by atoms with Gasteiger partial charge in [-0.1, -0.05) is 23.7 Å². The Bertz CT molecular complexity index is 632. The fourth-order valence-electron chi connectivity index (χ4n) is 1.64. The average Bonchev–Trinajstić information content (AvgIpc) is 2.43. The molecule has 0 aromatic heterocycles. The molecule has 2 aromatic carbocycles. The number of hydrogen-bond donors (Lipinski definition) is 3. The van der Waals surface area contributed by atoms with Crippen molar-refractivity contribution in [1.29, 1.82) is 0 Å². The monoisotopic (exact) mass is 291 g/mol. The van der Waals surface area contributed by atoms with Crippen LogP contribution in [0.5, 0.6) is 5.75 Å². The Morgan fingerprint density at radius 1 is 1.20 bits per heavy atom. The summed E-state index contributed by atoms with van der Waals surface area (Å²) in [5.41, 5.74) is 7.19. The number of methoxy groups -OCH3 is 1. The molecule has 4 N–H and O–H groups in total. The predicted molar refractivity (Wildman–Crippen MR) is 81.5 cm³/mol. The van der Waals surface area contributed by atoms with Gasteiger partial charge in [0.25, 0.3) is 0 Å². The van der Waals surface area contributed by atoms with Crippen LogP contribution in [0, 0.1) is 0 Å². The number of nitrogens with two attached hydrogens (primary N) is 1.